The average Bonchev–Trinajstić information content (AvgIpc) is 2.54. The SMILES string of the molecule is CN=C(NCCCN(C)c1cccc(F)c1)NCC(C)(C)OC.I. The van der Waals surface area contributed by atoms with Crippen LogP contribution in [0.2, 0.25) is 0 Å². The quantitative estimate of drug-likeness (QED) is 0.276. The van der Waals surface area contributed by atoms with Crippen molar-refractivity contribution in [3.05, 3.63) is 30.1 Å². The molecule has 0 aliphatic carbocycles. The molecule has 5 nitrogen and oxygen atoms in total. The van der Waals surface area contributed by atoms with Crippen LogP contribution in [0.3, 0.4) is 0 Å². The molecule has 0 amide bonds. The van der Waals surface area contributed by atoms with Gasteiger partial charge in [0.2, 0.25) is 0 Å². The van der Waals surface area contributed by atoms with Gasteiger partial charge in [0, 0.05) is 46.5 Å². The van der Waals surface area contributed by atoms with E-state index in [0.29, 0.717) is 6.54 Å². The van der Waals surface area contributed by atoms with Crippen LogP contribution in [0.5, 0.6) is 0 Å². The molecule has 0 spiro atoms. The molecule has 1 aromatic rings. The maximum Gasteiger partial charge on any atom is 0.191 e. The first-order valence-corrected chi connectivity index (χ1v) is 7.84. The Balaban J connectivity index is 0.00000529. The van der Waals surface area contributed by atoms with Gasteiger partial charge in [-0.2, -0.15) is 0 Å². The molecule has 0 aliphatic rings. The number of aliphatic imine (C=N–C) groups is 1. The fourth-order valence-electron chi connectivity index (χ4n) is 1.96. The minimum Gasteiger partial charge on any atom is -0.377 e. The van der Waals surface area contributed by atoms with Crippen LogP contribution in [-0.4, -0.2) is 52.4 Å². The van der Waals surface area contributed by atoms with E-state index in [0.717, 1.165) is 31.2 Å². The van der Waals surface area contributed by atoms with Crippen molar-refractivity contribution in [3.8, 4) is 0 Å². The monoisotopic (exact) mass is 452 g/mol. The largest absolute Gasteiger partial charge is 0.377 e. The van der Waals surface area contributed by atoms with E-state index in [4.69, 9.17) is 4.74 Å². The molecule has 0 fully saturated rings. The van der Waals surface area contributed by atoms with Gasteiger partial charge in [0.25, 0.3) is 0 Å². The number of nitrogens with one attached hydrogen (secondary N) is 2. The Hall–Kier alpha value is -1.09. The number of benzene rings is 1. The second-order valence-corrected chi connectivity index (χ2v) is 6.07. The van der Waals surface area contributed by atoms with Crippen molar-refractivity contribution < 1.29 is 9.13 Å². The molecular weight excluding hydrogens is 422 g/mol. The van der Waals surface area contributed by atoms with Crippen LogP contribution < -0.4 is 15.5 Å². The van der Waals surface area contributed by atoms with Crippen LogP contribution in [-0.2, 0) is 4.74 Å². The van der Waals surface area contributed by atoms with E-state index < -0.39 is 0 Å². The lowest BCUT2D eigenvalue weighted by atomic mass is 10.1. The summed E-state index contributed by atoms with van der Waals surface area (Å²) in [4.78, 5) is 6.22. The highest BCUT2D eigenvalue weighted by molar-refractivity contribution is 14.0. The molecule has 2 N–H and O–H groups in total. The topological polar surface area (TPSA) is 48.9 Å². The molecule has 0 heterocycles. The van der Waals surface area contributed by atoms with Gasteiger partial charge >= 0.3 is 0 Å². The zero-order chi connectivity index (χ0) is 17.3. The maximum absolute atomic E-state index is 13.2. The summed E-state index contributed by atoms with van der Waals surface area (Å²) in [6, 6.07) is 6.63. The molecule has 0 unspecified atom stereocenters. The van der Waals surface area contributed by atoms with Crippen LogP contribution >= 0.6 is 24.0 Å². The number of anilines is 1. The molecule has 1 aromatic carbocycles. The van der Waals surface area contributed by atoms with E-state index in [2.05, 4.69) is 15.6 Å². The van der Waals surface area contributed by atoms with Crippen LogP contribution in [0, 0.1) is 5.82 Å². The number of guanidine groups is 1. The van der Waals surface area contributed by atoms with Crippen molar-refractivity contribution in [2.24, 2.45) is 4.99 Å². The Kier molecular flexibility index (Phi) is 10.9. The summed E-state index contributed by atoms with van der Waals surface area (Å²) in [7, 11) is 5.40. The standard InChI is InChI=1S/C17H29FN4O.HI/c1-17(2,23-5)13-21-16(19-3)20-10-7-11-22(4)15-9-6-8-14(18)12-15;/h6,8-9,12H,7,10-11,13H2,1-5H3,(H2,19,20,21);1H. The lowest BCUT2D eigenvalue weighted by molar-refractivity contribution is 0.0268. The second-order valence-electron chi connectivity index (χ2n) is 6.07. The fourth-order valence-corrected chi connectivity index (χ4v) is 1.96. The van der Waals surface area contributed by atoms with E-state index >= 15 is 0 Å². The first-order valence-electron chi connectivity index (χ1n) is 7.84. The Morgan fingerprint density at radius 3 is 2.62 bits per heavy atom. The number of hydrogen-bond acceptors (Lipinski definition) is 3. The summed E-state index contributed by atoms with van der Waals surface area (Å²) in [5.74, 6) is 0.543. The average molecular weight is 452 g/mol. The first-order chi connectivity index (χ1) is 10.9. The van der Waals surface area contributed by atoms with Gasteiger partial charge in [0.15, 0.2) is 5.96 Å². The molecule has 0 aromatic heterocycles. The predicted octanol–water partition coefficient (Wildman–Crippen LogP) is 2.86. The smallest absolute Gasteiger partial charge is 0.191 e. The highest BCUT2D eigenvalue weighted by atomic mass is 127. The minimum atomic E-state index is -0.241. The third-order valence-corrected chi connectivity index (χ3v) is 3.67. The van der Waals surface area contributed by atoms with Crippen LogP contribution in [0.25, 0.3) is 0 Å². The van der Waals surface area contributed by atoms with Gasteiger partial charge in [-0.1, -0.05) is 6.07 Å². The normalized spacial score (nSPS) is 11.7. The number of rotatable bonds is 8. The van der Waals surface area contributed by atoms with Crippen molar-refractivity contribution in [2.45, 2.75) is 25.9 Å². The molecule has 7 heteroatoms. The summed E-state index contributed by atoms with van der Waals surface area (Å²) in [5.41, 5.74) is 0.643. The van der Waals surface area contributed by atoms with Crippen molar-refractivity contribution in [1.82, 2.24) is 10.6 Å². The van der Waals surface area contributed by atoms with E-state index in [1.807, 2.05) is 31.9 Å². The Morgan fingerprint density at radius 2 is 2.04 bits per heavy atom. The van der Waals surface area contributed by atoms with Crippen molar-refractivity contribution in [2.75, 3.05) is 45.7 Å². The lowest BCUT2D eigenvalue weighted by Gasteiger charge is -2.24. The first kappa shape index (κ1) is 22.9. The summed E-state index contributed by atoms with van der Waals surface area (Å²) in [6.07, 6.45) is 0.918. The molecule has 0 atom stereocenters. The number of ether oxygens (including phenoxy) is 1. The lowest BCUT2D eigenvalue weighted by Crippen LogP contribution is -2.45. The van der Waals surface area contributed by atoms with Crippen LogP contribution in [0.15, 0.2) is 29.3 Å². The molecule has 0 bridgehead atoms. The summed E-state index contributed by atoms with van der Waals surface area (Å²) in [6.45, 7) is 6.32. The van der Waals surface area contributed by atoms with E-state index in [9.17, 15) is 4.39 Å². The third-order valence-electron chi connectivity index (χ3n) is 3.67. The summed E-state index contributed by atoms with van der Waals surface area (Å²) < 4.78 is 18.6. The van der Waals surface area contributed by atoms with Gasteiger partial charge in [0.05, 0.1) is 5.60 Å². The van der Waals surface area contributed by atoms with Crippen molar-refractivity contribution >= 4 is 35.6 Å². The van der Waals surface area contributed by atoms with Gasteiger partial charge in [-0.15, -0.1) is 24.0 Å². The fraction of sp³-hybridized carbons (Fsp3) is 0.588. The number of hydrogen-bond donors (Lipinski definition) is 2. The number of nitrogens with zero attached hydrogens (tertiary/aromatic N) is 2. The summed E-state index contributed by atoms with van der Waals surface area (Å²) >= 11 is 0. The highest BCUT2D eigenvalue weighted by Gasteiger charge is 2.16. The molecule has 1 rings (SSSR count). The van der Waals surface area contributed by atoms with Gasteiger partial charge in [-0.3, -0.25) is 4.99 Å². The molecule has 0 radical (unpaired) electrons. The molecule has 0 saturated heterocycles. The second kappa shape index (κ2) is 11.5. The number of methoxy groups -OCH3 is 1. The Labute approximate surface area is 162 Å². The minimum absolute atomic E-state index is 0. The van der Waals surface area contributed by atoms with Gasteiger partial charge in [-0.25, -0.2) is 4.39 Å². The Bertz CT molecular complexity index is 511. The zero-order valence-corrected chi connectivity index (χ0v) is 17.6. The zero-order valence-electron chi connectivity index (χ0n) is 15.2. The van der Waals surface area contributed by atoms with Gasteiger partial charge in [0.1, 0.15) is 5.82 Å². The number of halogens is 2. The van der Waals surface area contributed by atoms with E-state index in [1.54, 1.807) is 26.3 Å². The van der Waals surface area contributed by atoms with Crippen LogP contribution in [0.1, 0.15) is 20.3 Å². The Morgan fingerprint density at radius 1 is 1.33 bits per heavy atom. The third kappa shape index (κ3) is 8.68. The molecule has 0 aliphatic heterocycles. The van der Waals surface area contributed by atoms with Crippen molar-refractivity contribution in [3.63, 3.8) is 0 Å². The predicted molar refractivity (Wildman–Crippen MR) is 110 cm³/mol. The van der Waals surface area contributed by atoms with Gasteiger partial charge < -0.3 is 20.3 Å². The summed E-state index contributed by atoms with van der Waals surface area (Å²) in [5, 5.41) is 6.51. The van der Waals surface area contributed by atoms with E-state index in [-0.39, 0.29) is 35.4 Å². The molecule has 0 saturated carbocycles. The molecule has 24 heavy (non-hydrogen) atoms. The van der Waals surface area contributed by atoms with Gasteiger partial charge in [-0.05, 0) is 38.5 Å². The highest BCUT2D eigenvalue weighted by Crippen LogP contribution is 2.13. The van der Waals surface area contributed by atoms with E-state index in [1.165, 1.54) is 6.07 Å². The maximum atomic E-state index is 13.2. The molecular formula is C17H30FIN4O. The van der Waals surface area contributed by atoms with Crippen molar-refractivity contribution in [1.29, 1.82) is 0 Å². The van der Waals surface area contributed by atoms with Crippen LogP contribution in [0.4, 0.5) is 10.1 Å². The molecule has 138 valence electrons.